The van der Waals surface area contributed by atoms with Gasteiger partial charge >= 0.3 is 0 Å². The summed E-state index contributed by atoms with van der Waals surface area (Å²) >= 11 is 8.00. The van der Waals surface area contributed by atoms with Gasteiger partial charge in [-0.1, -0.05) is 23.7 Å². The van der Waals surface area contributed by atoms with Gasteiger partial charge in [0.15, 0.2) is 0 Å². The van der Waals surface area contributed by atoms with Crippen LogP contribution in [0.2, 0.25) is 5.02 Å². The molecule has 0 unspecified atom stereocenters. The first-order valence-corrected chi connectivity index (χ1v) is 9.14. The van der Waals surface area contributed by atoms with Crippen molar-refractivity contribution in [1.82, 2.24) is 9.80 Å². The Morgan fingerprint density at radius 1 is 1.14 bits per heavy atom. The van der Waals surface area contributed by atoms with E-state index in [0.29, 0.717) is 17.1 Å². The highest BCUT2D eigenvalue weighted by Gasteiger charge is 2.37. The third-order valence-corrected chi connectivity index (χ3v) is 5.50. The fourth-order valence-corrected chi connectivity index (χ4v) is 4.17. The molecule has 2 heterocycles. The van der Waals surface area contributed by atoms with Crippen LogP contribution >= 0.6 is 23.4 Å². The van der Waals surface area contributed by atoms with Gasteiger partial charge in [0, 0.05) is 31.1 Å². The summed E-state index contributed by atoms with van der Waals surface area (Å²) in [6.45, 7) is 2.20. The number of carbonyl (C=O) groups excluding carboxylic acids is 2. The van der Waals surface area contributed by atoms with E-state index in [9.17, 15) is 9.59 Å². The molecule has 0 aromatic heterocycles. The lowest BCUT2D eigenvalue weighted by Crippen LogP contribution is -2.50. The molecule has 22 heavy (non-hydrogen) atoms. The molecular weight excluding hydrogens is 320 g/mol. The number of benzene rings is 1. The van der Waals surface area contributed by atoms with Gasteiger partial charge in [0.1, 0.15) is 6.04 Å². The topological polar surface area (TPSA) is 40.6 Å². The second kappa shape index (κ2) is 6.92. The molecule has 2 saturated heterocycles. The molecule has 1 atom stereocenters. The van der Waals surface area contributed by atoms with Crippen LogP contribution in [0.15, 0.2) is 24.3 Å². The minimum Gasteiger partial charge on any atom is -0.339 e. The van der Waals surface area contributed by atoms with Crippen LogP contribution in [-0.2, 0) is 4.79 Å². The van der Waals surface area contributed by atoms with Gasteiger partial charge in [-0.3, -0.25) is 9.59 Å². The van der Waals surface area contributed by atoms with Crippen molar-refractivity contribution in [3.8, 4) is 0 Å². The highest BCUT2D eigenvalue weighted by molar-refractivity contribution is 7.99. The van der Waals surface area contributed by atoms with Crippen LogP contribution in [0.25, 0.3) is 0 Å². The Kier molecular flexibility index (Phi) is 4.93. The fraction of sp³-hybridized carbons (Fsp3) is 0.500. The minimum absolute atomic E-state index is 0.0956. The molecule has 118 valence electrons. The van der Waals surface area contributed by atoms with E-state index in [4.69, 9.17) is 11.6 Å². The number of nitrogens with zero attached hydrogens (tertiary/aromatic N) is 2. The quantitative estimate of drug-likeness (QED) is 0.832. The number of thioether (sulfide) groups is 1. The van der Waals surface area contributed by atoms with Gasteiger partial charge in [-0.2, -0.15) is 11.8 Å². The maximum Gasteiger partial charge on any atom is 0.256 e. The summed E-state index contributed by atoms with van der Waals surface area (Å²) in [5, 5.41) is 0.444. The predicted molar refractivity (Wildman–Crippen MR) is 89.4 cm³/mol. The smallest absolute Gasteiger partial charge is 0.256 e. The number of amides is 2. The van der Waals surface area contributed by atoms with E-state index in [0.717, 1.165) is 37.4 Å². The molecule has 6 heteroatoms. The van der Waals surface area contributed by atoms with Crippen molar-refractivity contribution < 1.29 is 9.59 Å². The second-order valence-corrected chi connectivity index (χ2v) is 7.21. The summed E-state index contributed by atoms with van der Waals surface area (Å²) in [6, 6.07) is 6.71. The lowest BCUT2D eigenvalue weighted by molar-refractivity contribution is -0.134. The second-order valence-electron chi connectivity index (χ2n) is 5.57. The Balaban J connectivity index is 1.76. The lowest BCUT2D eigenvalue weighted by Gasteiger charge is -2.32. The van der Waals surface area contributed by atoms with Crippen LogP contribution in [0.5, 0.6) is 0 Å². The number of likely N-dealkylation sites (tertiary alicyclic amines) is 1. The molecule has 2 fully saturated rings. The van der Waals surface area contributed by atoms with Gasteiger partial charge in [0.05, 0.1) is 10.6 Å². The summed E-state index contributed by atoms with van der Waals surface area (Å²) in [4.78, 5) is 29.1. The summed E-state index contributed by atoms with van der Waals surface area (Å²) in [5.74, 6) is 1.93. The predicted octanol–water partition coefficient (Wildman–Crippen LogP) is 2.52. The van der Waals surface area contributed by atoms with Crippen molar-refractivity contribution in [1.29, 1.82) is 0 Å². The van der Waals surface area contributed by atoms with Gasteiger partial charge in [-0.05, 0) is 25.0 Å². The van der Waals surface area contributed by atoms with Crippen molar-refractivity contribution in [2.75, 3.05) is 31.1 Å². The van der Waals surface area contributed by atoms with Gasteiger partial charge < -0.3 is 9.80 Å². The molecule has 2 aliphatic rings. The first kappa shape index (κ1) is 15.7. The van der Waals surface area contributed by atoms with Gasteiger partial charge in [0.2, 0.25) is 5.91 Å². The van der Waals surface area contributed by atoms with Crippen molar-refractivity contribution in [3.63, 3.8) is 0 Å². The largest absolute Gasteiger partial charge is 0.339 e. The third-order valence-electron chi connectivity index (χ3n) is 4.23. The first-order valence-electron chi connectivity index (χ1n) is 7.60. The minimum atomic E-state index is -0.327. The number of hydrogen-bond acceptors (Lipinski definition) is 3. The lowest BCUT2D eigenvalue weighted by atomic mass is 10.1. The molecule has 0 bridgehead atoms. The molecular formula is C16H19ClN2O2S. The average molecular weight is 339 g/mol. The van der Waals surface area contributed by atoms with Crippen molar-refractivity contribution in [3.05, 3.63) is 34.9 Å². The Bertz CT molecular complexity index is 575. The molecule has 4 nitrogen and oxygen atoms in total. The van der Waals surface area contributed by atoms with Crippen LogP contribution < -0.4 is 0 Å². The number of rotatable bonds is 2. The average Bonchev–Trinajstić information content (AvgIpc) is 3.04. The van der Waals surface area contributed by atoms with Gasteiger partial charge in [-0.25, -0.2) is 0 Å². The summed E-state index contributed by atoms with van der Waals surface area (Å²) in [6.07, 6.45) is 1.62. The van der Waals surface area contributed by atoms with Crippen LogP contribution in [0.3, 0.4) is 0 Å². The molecule has 0 N–H and O–H groups in total. The molecule has 0 aliphatic carbocycles. The zero-order valence-corrected chi connectivity index (χ0v) is 13.9. The van der Waals surface area contributed by atoms with Crippen LogP contribution in [0.1, 0.15) is 23.2 Å². The normalized spacial score (nSPS) is 22.0. The van der Waals surface area contributed by atoms with Crippen LogP contribution in [-0.4, -0.2) is 58.8 Å². The molecule has 0 radical (unpaired) electrons. The maximum atomic E-state index is 12.7. The third kappa shape index (κ3) is 3.10. The monoisotopic (exact) mass is 338 g/mol. The summed E-state index contributed by atoms with van der Waals surface area (Å²) in [7, 11) is 0. The van der Waals surface area contributed by atoms with E-state index in [2.05, 4.69) is 0 Å². The molecule has 0 saturated carbocycles. The Labute approximate surface area is 139 Å². The molecule has 2 aliphatic heterocycles. The van der Waals surface area contributed by atoms with E-state index >= 15 is 0 Å². The molecule has 0 spiro atoms. The van der Waals surface area contributed by atoms with Crippen molar-refractivity contribution >= 4 is 35.2 Å². The SMILES string of the molecule is O=C([C@@H]1CCCN1C(=O)c1ccccc1Cl)N1CCSCC1. The summed E-state index contributed by atoms with van der Waals surface area (Å²) in [5.41, 5.74) is 0.484. The Morgan fingerprint density at radius 2 is 1.86 bits per heavy atom. The number of hydrogen-bond donors (Lipinski definition) is 0. The van der Waals surface area contributed by atoms with E-state index in [1.807, 2.05) is 16.7 Å². The highest BCUT2D eigenvalue weighted by atomic mass is 35.5. The van der Waals surface area contributed by atoms with Crippen molar-refractivity contribution in [2.45, 2.75) is 18.9 Å². The van der Waals surface area contributed by atoms with Crippen LogP contribution in [0.4, 0.5) is 0 Å². The van der Waals surface area contributed by atoms with E-state index in [1.165, 1.54) is 0 Å². The molecule has 3 rings (SSSR count). The molecule has 1 aromatic rings. The van der Waals surface area contributed by atoms with E-state index in [1.54, 1.807) is 29.2 Å². The first-order chi connectivity index (χ1) is 10.7. The van der Waals surface area contributed by atoms with Crippen LogP contribution in [0, 0.1) is 0 Å². The standard InChI is InChI=1S/C16H19ClN2O2S/c17-13-5-2-1-4-12(13)15(20)19-7-3-6-14(19)16(21)18-8-10-22-11-9-18/h1-2,4-5,14H,3,6-11H2/t14-/m0/s1. The fourth-order valence-electron chi connectivity index (χ4n) is 3.05. The van der Waals surface area contributed by atoms with E-state index < -0.39 is 0 Å². The number of halogens is 1. The molecule has 2 amide bonds. The Morgan fingerprint density at radius 3 is 2.59 bits per heavy atom. The van der Waals surface area contributed by atoms with Gasteiger partial charge in [-0.15, -0.1) is 0 Å². The Hall–Kier alpha value is -1.20. The van der Waals surface area contributed by atoms with Gasteiger partial charge in [0.25, 0.3) is 5.91 Å². The maximum absolute atomic E-state index is 12.7. The van der Waals surface area contributed by atoms with Crippen molar-refractivity contribution in [2.24, 2.45) is 0 Å². The zero-order valence-electron chi connectivity index (χ0n) is 12.3. The summed E-state index contributed by atoms with van der Waals surface area (Å²) < 4.78 is 0. The highest BCUT2D eigenvalue weighted by Crippen LogP contribution is 2.25. The molecule has 1 aromatic carbocycles. The number of carbonyl (C=O) groups is 2. The zero-order chi connectivity index (χ0) is 15.5. The van der Waals surface area contributed by atoms with E-state index in [-0.39, 0.29) is 17.9 Å².